The average Bonchev–Trinajstić information content (AvgIpc) is 3.31. The Bertz CT molecular complexity index is 1350. The van der Waals surface area contributed by atoms with Crippen LogP contribution in [0.25, 0.3) is 5.70 Å². The van der Waals surface area contributed by atoms with Gasteiger partial charge in [0.15, 0.2) is 0 Å². The minimum Gasteiger partial charge on any atom is -0.497 e. The van der Waals surface area contributed by atoms with E-state index in [0.717, 1.165) is 39.5 Å². The number of hydrogen-bond acceptors (Lipinski definition) is 5. The van der Waals surface area contributed by atoms with Crippen molar-refractivity contribution in [3.63, 3.8) is 0 Å². The van der Waals surface area contributed by atoms with Crippen molar-refractivity contribution in [1.29, 1.82) is 0 Å². The Morgan fingerprint density at radius 2 is 1.84 bits per heavy atom. The molecule has 6 nitrogen and oxygen atoms in total. The molecule has 0 spiro atoms. The van der Waals surface area contributed by atoms with Crippen LogP contribution in [-0.4, -0.2) is 21.9 Å². The van der Waals surface area contributed by atoms with Crippen LogP contribution in [0.4, 0.5) is 10.3 Å². The van der Waals surface area contributed by atoms with Crippen LogP contribution in [0.1, 0.15) is 28.8 Å². The summed E-state index contributed by atoms with van der Waals surface area (Å²) in [5.74, 6) is 1.86. The average molecular weight is 426 g/mol. The first-order valence-electron chi connectivity index (χ1n) is 10.3. The number of rotatable bonds is 3. The van der Waals surface area contributed by atoms with Crippen LogP contribution in [0.3, 0.4) is 0 Å². The molecule has 1 N–H and O–H groups in total. The fraction of sp³-hybridized carbons (Fsp3) is 0.120. The van der Waals surface area contributed by atoms with E-state index in [4.69, 9.17) is 9.47 Å². The van der Waals surface area contributed by atoms with Gasteiger partial charge in [0, 0.05) is 16.7 Å². The molecule has 0 aliphatic carbocycles. The van der Waals surface area contributed by atoms with E-state index >= 15 is 0 Å². The zero-order chi connectivity index (χ0) is 21.7. The Kier molecular flexibility index (Phi) is 4.21. The van der Waals surface area contributed by atoms with Gasteiger partial charge < -0.3 is 14.8 Å². The van der Waals surface area contributed by atoms with Crippen LogP contribution >= 0.6 is 0 Å². The SMILES string of the molecule is COc1cccc([C@H]2Oc3ccccc3C3=C2[C@@H](c2ccc(F)cc2)n2ncnc2N3)c1. The quantitative estimate of drug-likeness (QED) is 0.500. The lowest BCUT2D eigenvalue weighted by atomic mass is 9.84. The van der Waals surface area contributed by atoms with Crippen molar-refractivity contribution >= 4 is 11.6 Å². The van der Waals surface area contributed by atoms with E-state index in [1.807, 2.05) is 53.2 Å². The Morgan fingerprint density at radius 3 is 2.69 bits per heavy atom. The predicted molar refractivity (Wildman–Crippen MR) is 118 cm³/mol. The molecule has 2 aliphatic heterocycles. The van der Waals surface area contributed by atoms with Gasteiger partial charge in [0.25, 0.3) is 0 Å². The standard InChI is InChI=1S/C25H19FN4O2/c1-31-18-6-4-5-16(13-18)24-21-22(19-7-2-3-8-20(19)32-24)29-25-27-14-28-30(25)23(21)15-9-11-17(26)12-10-15/h2-14,23-24H,1H3,(H,27,28,29)/t23-,24-/m1/s1. The monoisotopic (exact) mass is 426 g/mol. The number of ether oxygens (including phenoxy) is 2. The van der Waals surface area contributed by atoms with Crippen molar-refractivity contribution in [3.05, 3.63) is 107 Å². The molecule has 2 atom stereocenters. The van der Waals surface area contributed by atoms with E-state index in [9.17, 15) is 4.39 Å². The molecule has 0 unspecified atom stereocenters. The maximum Gasteiger partial charge on any atom is 0.226 e. The molecule has 3 aromatic carbocycles. The lowest BCUT2D eigenvalue weighted by molar-refractivity contribution is 0.222. The summed E-state index contributed by atoms with van der Waals surface area (Å²) in [5.41, 5.74) is 4.69. The molecule has 3 heterocycles. The molecule has 32 heavy (non-hydrogen) atoms. The molecule has 1 aromatic heterocycles. The third-order valence-electron chi connectivity index (χ3n) is 5.90. The summed E-state index contributed by atoms with van der Waals surface area (Å²) in [4.78, 5) is 4.41. The molecule has 2 aliphatic rings. The number of aromatic nitrogens is 3. The van der Waals surface area contributed by atoms with E-state index < -0.39 is 6.10 Å². The second kappa shape index (κ2) is 7.23. The number of fused-ring (bicyclic) bond motifs is 3. The normalized spacial score (nSPS) is 18.7. The summed E-state index contributed by atoms with van der Waals surface area (Å²) >= 11 is 0. The lowest BCUT2D eigenvalue weighted by Gasteiger charge is -2.39. The van der Waals surface area contributed by atoms with Gasteiger partial charge in [-0.3, -0.25) is 0 Å². The zero-order valence-electron chi connectivity index (χ0n) is 17.2. The largest absolute Gasteiger partial charge is 0.497 e. The van der Waals surface area contributed by atoms with Crippen molar-refractivity contribution in [2.75, 3.05) is 12.4 Å². The molecule has 0 bridgehead atoms. The first kappa shape index (κ1) is 18.6. The van der Waals surface area contributed by atoms with Gasteiger partial charge in [-0.15, -0.1) is 0 Å². The topological polar surface area (TPSA) is 61.2 Å². The van der Waals surface area contributed by atoms with Crippen LogP contribution in [0.5, 0.6) is 11.5 Å². The van der Waals surface area contributed by atoms with E-state index in [0.29, 0.717) is 5.95 Å². The Hall–Kier alpha value is -4.13. The van der Waals surface area contributed by atoms with Crippen molar-refractivity contribution in [3.8, 4) is 11.5 Å². The first-order valence-corrected chi connectivity index (χ1v) is 10.3. The summed E-state index contributed by atoms with van der Waals surface area (Å²) < 4.78 is 27.6. The minimum absolute atomic E-state index is 0.287. The van der Waals surface area contributed by atoms with Gasteiger partial charge in [-0.2, -0.15) is 10.1 Å². The summed E-state index contributed by atoms with van der Waals surface area (Å²) in [5, 5.41) is 7.94. The van der Waals surface area contributed by atoms with Crippen molar-refractivity contribution in [2.24, 2.45) is 0 Å². The number of nitrogens with one attached hydrogen (secondary N) is 1. The zero-order valence-corrected chi connectivity index (χ0v) is 17.2. The molecule has 0 amide bonds. The number of benzene rings is 3. The van der Waals surface area contributed by atoms with E-state index in [-0.39, 0.29) is 11.9 Å². The van der Waals surface area contributed by atoms with E-state index in [2.05, 4.69) is 15.4 Å². The minimum atomic E-state index is -0.407. The Morgan fingerprint density at radius 1 is 1.00 bits per heavy atom. The predicted octanol–water partition coefficient (Wildman–Crippen LogP) is 4.99. The molecule has 7 heteroatoms. The van der Waals surface area contributed by atoms with Crippen molar-refractivity contribution in [1.82, 2.24) is 14.8 Å². The maximum atomic E-state index is 13.7. The highest BCUT2D eigenvalue weighted by molar-refractivity contribution is 5.85. The second-order valence-electron chi connectivity index (χ2n) is 7.71. The molecule has 4 aromatic rings. The van der Waals surface area contributed by atoms with Crippen LogP contribution in [0.2, 0.25) is 0 Å². The number of hydrogen-bond donors (Lipinski definition) is 1. The molecular weight excluding hydrogens is 407 g/mol. The summed E-state index contributed by atoms with van der Waals surface area (Å²) in [6, 6.07) is 21.9. The number of para-hydroxylation sites is 1. The number of halogens is 1. The first-order chi connectivity index (χ1) is 15.7. The molecule has 0 saturated carbocycles. The molecule has 0 saturated heterocycles. The highest BCUT2D eigenvalue weighted by Crippen LogP contribution is 2.50. The molecular formula is C25H19FN4O2. The molecule has 0 radical (unpaired) electrons. The third-order valence-corrected chi connectivity index (χ3v) is 5.90. The van der Waals surface area contributed by atoms with Gasteiger partial charge in [0.2, 0.25) is 5.95 Å². The van der Waals surface area contributed by atoms with Gasteiger partial charge in [-0.1, -0.05) is 36.4 Å². The van der Waals surface area contributed by atoms with Gasteiger partial charge in [0.05, 0.1) is 12.8 Å². The Labute approximate surface area is 183 Å². The van der Waals surface area contributed by atoms with Gasteiger partial charge in [-0.25, -0.2) is 9.07 Å². The van der Waals surface area contributed by atoms with Crippen LogP contribution < -0.4 is 14.8 Å². The van der Waals surface area contributed by atoms with Crippen LogP contribution in [0.15, 0.2) is 84.7 Å². The molecule has 6 rings (SSSR count). The molecule has 0 fully saturated rings. The van der Waals surface area contributed by atoms with Gasteiger partial charge >= 0.3 is 0 Å². The third kappa shape index (κ3) is 2.85. The van der Waals surface area contributed by atoms with Crippen molar-refractivity contribution < 1.29 is 13.9 Å². The summed E-state index contributed by atoms with van der Waals surface area (Å²) in [6.45, 7) is 0. The Balaban J connectivity index is 1.62. The number of methoxy groups -OCH3 is 1. The van der Waals surface area contributed by atoms with Crippen LogP contribution in [-0.2, 0) is 0 Å². The smallest absolute Gasteiger partial charge is 0.226 e. The highest BCUT2D eigenvalue weighted by Gasteiger charge is 2.40. The fourth-order valence-electron chi connectivity index (χ4n) is 4.46. The summed E-state index contributed by atoms with van der Waals surface area (Å²) in [7, 11) is 1.64. The maximum absolute atomic E-state index is 13.7. The van der Waals surface area contributed by atoms with E-state index in [1.54, 1.807) is 19.2 Å². The van der Waals surface area contributed by atoms with E-state index in [1.165, 1.54) is 18.5 Å². The summed E-state index contributed by atoms with van der Waals surface area (Å²) in [6.07, 6.45) is 1.11. The van der Waals surface area contributed by atoms with Crippen molar-refractivity contribution in [2.45, 2.75) is 12.1 Å². The fourth-order valence-corrected chi connectivity index (χ4v) is 4.46. The highest BCUT2D eigenvalue weighted by atomic mass is 19.1. The lowest BCUT2D eigenvalue weighted by Crippen LogP contribution is -2.32. The number of nitrogens with zero attached hydrogens (tertiary/aromatic N) is 3. The second-order valence-corrected chi connectivity index (χ2v) is 7.71. The van der Waals surface area contributed by atoms with Gasteiger partial charge in [0.1, 0.15) is 35.8 Å². The van der Waals surface area contributed by atoms with Gasteiger partial charge in [-0.05, 0) is 42.0 Å². The molecule has 158 valence electrons. The number of anilines is 1. The van der Waals surface area contributed by atoms with Crippen LogP contribution in [0, 0.1) is 5.82 Å².